The zero-order chi connectivity index (χ0) is 13.5. The predicted octanol–water partition coefficient (Wildman–Crippen LogP) is 2.45. The quantitative estimate of drug-likeness (QED) is 0.624. The van der Waals surface area contributed by atoms with E-state index < -0.39 is 11.2 Å². The van der Waals surface area contributed by atoms with Crippen LogP contribution in [-0.4, -0.2) is 19.0 Å². The summed E-state index contributed by atoms with van der Waals surface area (Å²) in [7, 11) is 0. The summed E-state index contributed by atoms with van der Waals surface area (Å²) in [6, 6.07) is 4.41. The Balaban J connectivity index is 1.98. The van der Waals surface area contributed by atoms with Crippen LogP contribution in [0, 0.1) is 34.0 Å². The Hall–Kier alpha value is -1.62. The van der Waals surface area contributed by atoms with Crippen LogP contribution in [0.25, 0.3) is 0 Å². The second kappa shape index (κ2) is 4.20. The molecule has 1 aliphatic heterocycles. The lowest BCUT2D eigenvalue weighted by atomic mass is 9.62. The van der Waals surface area contributed by atoms with Crippen molar-refractivity contribution in [2.45, 2.75) is 31.5 Å². The molecule has 4 nitrogen and oxygen atoms in total. The zero-order valence-electron chi connectivity index (χ0n) is 10.8. The van der Waals surface area contributed by atoms with Crippen LogP contribution >= 0.6 is 0 Å². The Morgan fingerprint density at radius 1 is 1.26 bits per heavy atom. The molecule has 0 N–H and O–H groups in total. The maximum Gasteiger partial charge on any atom is 0.172 e. The van der Waals surface area contributed by atoms with Gasteiger partial charge in [0.05, 0.1) is 25.4 Å². The van der Waals surface area contributed by atoms with Crippen LogP contribution in [0.2, 0.25) is 0 Å². The number of allylic oxidation sites excluding steroid dienone is 2. The van der Waals surface area contributed by atoms with Crippen molar-refractivity contribution in [1.29, 1.82) is 10.5 Å². The molecule has 1 heterocycles. The fourth-order valence-electron chi connectivity index (χ4n) is 3.57. The summed E-state index contributed by atoms with van der Waals surface area (Å²) in [6.45, 7) is 5.25. The standard InChI is InChI=1S/C15H16N2O2/c1-11-6-12-8-15(18-4-5-19-15)3-2-13(12)14(7-11,9-16)10-17/h2,12H,1,3-8H2. The van der Waals surface area contributed by atoms with Gasteiger partial charge in [0.15, 0.2) is 11.2 Å². The molecule has 19 heavy (non-hydrogen) atoms. The number of hydrogen-bond donors (Lipinski definition) is 0. The van der Waals surface area contributed by atoms with Gasteiger partial charge in [0.1, 0.15) is 0 Å². The van der Waals surface area contributed by atoms with Crippen LogP contribution in [0.15, 0.2) is 23.8 Å². The Bertz CT molecular complexity index is 515. The highest BCUT2D eigenvalue weighted by Gasteiger charge is 2.50. The Morgan fingerprint density at radius 2 is 1.95 bits per heavy atom. The van der Waals surface area contributed by atoms with Gasteiger partial charge in [-0.2, -0.15) is 10.5 Å². The highest BCUT2D eigenvalue weighted by molar-refractivity contribution is 5.42. The molecule has 0 radical (unpaired) electrons. The van der Waals surface area contributed by atoms with Crippen molar-refractivity contribution in [3.63, 3.8) is 0 Å². The third kappa shape index (κ3) is 1.80. The van der Waals surface area contributed by atoms with Gasteiger partial charge in [0, 0.05) is 19.3 Å². The third-order valence-electron chi connectivity index (χ3n) is 4.37. The number of ether oxygens (including phenoxy) is 2. The van der Waals surface area contributed by atoms with Gasteiger partial charge in [-0.15, -0.1) is 0 Å². The lowest BCUT2D eigenvalue weighted by molar-refractivity contribution is -0.170. The normalized spacial score (nSPS) is 31.2. The van der Waals surface area contributed by atoms with Crippen LogP contribution < -0.4 is 0 Å². The molecule has 0 aromatic carbocycles. The van der Waals surface area contributed by atoms with Gasteiger partial charge in [0.25, 0.3) is 0 Å². The molecule has 1 saturated carbocycles. The summed E-state index contributed by atoms with van der Waals surface area (Å²) in [5.41, 5.74) is 0.898. The van der Waals surface area contributed by atoms with E-state index in [9.17, 15) is 10.5 Å². The molecule has 3 aliphatic rings. The molecule has 0 amide bonds. The maximum atomic E-state index is 9.44. The smallest absolute Gasteiger partial charge is 0.172 e. The molecule has 0 aromatic heterocycles. The van der Waals surface area contributed by atoms with Crippen molar-refractivity contribution < 1.29 is 9.47 Å². The van der Waals surface area contributed by atoms with Gasteiger partial charge in [-0.25, -0.2) is 0 Å². The number of nitrogens with zero attached hydrogens (tertiary/aromatic N) is 2. The van der Waals surface area contributed by atoms with E-state index in [1.807, 2.05) is 6.08 Å². The van der Waals surface area contributed by atoms with Crippen LogP contribution in [0.1, 0.15) is 25.7 Å². The lowest BCUT2D eigenvalue weighted by Crippen LogP contribution is -2.41. The first-order valence-corrected chi connectivity index (χ1v) is 6.61. The van der Waals surface area contributed by atoms with Gasteiger partial charge in [-0.3, -0.25) is 0 Å². The molecule has 3 rings (SSSR count). The second-order valence-electron chi connectivity index (χ2n) is 5.63. The van der Waals surface area contributed by atoms with Crippen molar-refractivity contribution in [3.8, 4) is 12.1 Å². The first-order chi connectivity index (χ1) is 9.13. The van der Waals surface area contributed by atoms with Crippen molar-refractivity contribution in [3.05, 3.63) is 23.8 Å². The number of hydrogen-bond acceptors (Lipinski definition) is 4. The average molecular weight is 256 g/mol. The molecule has 1 atom stereocenters. The van der Waals surface area contributed by atoms with Crippen LogP contribution in [-0.2, 0) is 9.47 Å². The topological polar surface area (TPSA) is 66.0 Å². The maximum absolute atomic E-state index is 9.44. The van der Waals surface area contributed by atoms with Gasteiger partial charge in [0.2, 0.25) is 0 Å². The molecule has 0 bridgehead atoms. The molecule has 1 saturated heterocycles. The van der Waals surface area contributed by atoms with Gasteiger partial charge in [-0.05, 0) is 17.9 Å². The monoisotopic (exact) mass is 256 g/mol. The SMILES string of the molecule is C=C1CC2CC3(CC=C2C(C#N)(C#N)C1)OCCO3. The lowest BCUT2D eigenvalue weighted by Gasteiger charge is -2.43. The van der Waals surface area contributed by atoms with E-state index in [0.717, 1.165) is 24.0 Å². The minimum absolute atomic E-state index is 0.146. The fourth-order valence-corrected chi connectivity index (χ4v) is 3.57. The van der Waals surface area contributed by atoms with Crippen LogP contribution in [0.3, 0.4) is 0 Å². The molecular formula is C15H16N2O2. The Kier molecular flexibility index (Phi) is 2.74. The van der Waals surface area contributed by atoms with E-state index >= 15 is 0 Å². The highest BCUT2D eigenvalue weighted by atomic mass is 16.7. The number of fused-ring (bicyclic) bond motifs is 1. The molecule has 98 valence electrons. The van der Waals surface area contributed by atoms with Crippen molar-refractivity contribution in [1.82, 2.24) is 0 Å². The average Bonchev–Trinajstić information content (AvgIpc) is 2.85. The third-order valence-corrected chi connectivity index (χ3v) is 4.37. The largest absolute Gasteiger partial charge is 0.347 e. The molecule has 0 aromatic rings. The predicted molar refractivity (Wildman–Crippen MR) is 67.5 cm³/mol. The van der Waals surface area contributed by atoms with E-state index in [2.05, 4.69) is 18.7 Å². The van der Waals surface area contributed by atoms with Gasteiger partial charge in [-0.1, -0.05) is 18.2 Å². The molecule has 2 aliphatic carbocycles. The number of rotatable bonds is 0. The zero-order valence-corrected chi connectivity index (χ0v) is 10.8. The van der Waals surface area contributed by atoms with E-state index in [1.165, 1.54) is 0 Å². The minimum Gasteiger partial charge on any atom is -0.347 e. The minimum atomic E-state index is -1.03. The summed E-state index contributed by atoms with van der Waals surface area (Å²) in [6.07, 6.45) is 4.64. The van der Waals surface area contributed by atoms with Gasteiger partial charge >= 0.3 is 0 Å². The molecule has 1 unspecified atom stereocenters. The summed E-state index contributed by atoms with van der Waals surface area (Å²) >= 11 is 0. The summed E-state index contributed by atoms with van der Waals surface area (Å²) in [5.74, 6) is -0.380. The van der Waals surface area contributed by atoms with E-state index in [-0.39, 0.29) is 5.92 Å². The molecule has 2 fully saturated rings. The highest BCUT2D eigenvalue weighted by Crippen LogP contribution is 2.52. The second-order valence-corrected chi connectivity index (χ2v) is 5.63. The first-order valence-electron chi connectivity index (χ1n) is 6.61. The van der Waals surface area contributed by atoms with Crippen molar-refractivity contribution >= 4 is 0 Å². The van der Waals surface area contributed by atoms with Gasteiger partial charge < -0.3 is 9.47 Å². The number of nitriles is 2. The van der Waals surface area contributed by atoms with Crippen LogP contribution in [0.5, 0.6) is 0 Å². The summed E-state index contributed by atoms with van der Waals surface area (Å²) in [5, 5.41) is 18.9. The molecule has 1 spiro atoms. The fraction of sp³-hybridized carbons (Fsp3) is 0.600. The van der Waals surface area contributed by atoms with E-state index in [4.69, 9.17) is 9.47 Å². The Morgan fingerprint density at radius 3 is 2.58 bits per heavy atom. The Labute approximate surface area is 112 Å². The van der Waals surface area contributed by atoms with Crippen molar-refractivity contribution in [2.24, 2.45) is 11.3 Å². The van der Waals surface area contributed by atoms with E-state index in [0.29, 0.717) is 26.1 Å². The molecule has 4 heteroatoms. The first kappa shape index (κ1) is 12.4. The van der Waals surface area contributed by atoms with Crippen molar-refractivity contribution in [2.75, 3.05) is 13.2 Å². The van der Waals surface area contributed by atoms with E-state index in [1.54, 1.807) is 0 Å². The van der Waals surface area contributed by atoms with Crippen LogP contribution in [0.4, 0.5) is 0 Å². The summed E-state index contributed by atoms with van der Waals surface area (Å²) in [4.78, 5) is 0. The summed E-state index contributed by atoms with van der Waals surface area (Å²) < 4.78 is 11.5. The molecular weight excluding hydrogens is 240 g/mol.